The number of aryl methyl sites for hydroxylation is 1. The van der Waals surface area contributed by atoms with E-state index in [1.165, 1.54) is 0 Å². The molecule has 2 aromatic rings. The molecular weight excluding hydrogens is 254 g/mol. The Morgan fingerprint density at radius 1 is 1.45 bits per heavy atom. The van der Waals surface area contributed by atoms with Crippen molar-refractivity contribution >= 4 is 16.7 Å². The molecule has 5 nitrogen and oxygen atoms in total. The predicted molar refractivity (Wildman–Crippen MR) is 79.6 cm³/mol. The number of anilines is 1. The van der Waals surface area contributed by atoms with E-state index in [4.69, 9.17) is 5.73 Å². The molecule has 0 radical (unpaired) electrons. The van der Waals surface area contributed by atoms with E-state index >= 15 is 0 Å². The Balaban J connectivity index is 2.09. The molecule has 0 unspecified atom stereocenters. The highest BCUT2D eigenvalue weighted by atomic mass is 16.3. The highest BCUT2D eigenvalue weighted by Gasteiger charge is 2.37. The smallest absolute Gasteiger partial charge is 0.328 e. The van der Waals surface area contributed by atoms with Gasteiger partial charge in [0.15, 0.2) is 0 Å². The summed E-state index contributed by atoms with van der Waals surface area (Å²) in [7, 11) is 1.77. The minimum Gasteiger partial charge on any atom is -0.399 e. The summed E-state index contributed by atoms with van der Waals surface area (Å²) in [5.41, 5.74) is 7.49. The Labute approximate surface area is 117 Å². The SMILES string of the molecule is Cn1c(=O)n(C[C@@H]2CCC[C@]2(C)O)c2cc(N)ccc21. The van der Waals surface area contributed by atoms with E-state index in [2.05, 4.69) is 0 Å². The van der Waals surface area contributed by atoms with Gasteiger partial charge < -0.3 is 10.8 Å². The molecule has 3 N–H and O–H groups in total. The maximum atomic E-state index is 12.4. The van der Waals surface area contributed by atoms with Gasteiger partial charge in [0.05, 0.1) is 16.6 Å². The van der Waals surface area contributed by atoms with E-state index in [-0.39, 0.29) is 11.6 Å². The first-order chi connectivity index (χ1) is 9.40. The fourth-order valence-electron chi connectivity index (χ4n) is 3.33. The third-order valence-electron chi connectivity index (χ3n) is 4.69. The first-order valence-corrected chi connectivity index (χ1v) is 7.07. The summed E-state index contributed by atoms with van der Waals surface area (Å²) in [5.74, 6) is 0.118. The Bertz CT molecular complexity index is 712. The van der Waals surface area contributed by atoms with Crippen molar-refractivity contribution in [2.45, 2.75) is 38.3 Å². The minimum atomic E-state index is -0.679. The van der Waals surface area contributed by atoms with Gasteiger partial charge in [0, 0.05) is 25.2 Å². The number of benzene rings is 1. The average Bonchev–Trinajstić information content (AvgIpc) is 2.83. The van der Waals surface area contributed by atoms with Crippen LogP contribution in [0, 0.1) is 5.92 Å². The molecule has 0 spiro atoms. The van der Waals surface area contributed by atoms with Crippen LogP contribution in [-0.4, -0.2) is 19.8 Å². The van der Waals surface area contributed by atoms with Crippen LogP contribution in [0.4, 0.5) is 5.69 Å². The van der Waals surface area contributed by atoms with Crippen molar-refractivity contribution in [3.8, 4) is 0 Å². The van der Waals surface area contributed by atoms with Crippen molar-refractivity contribution in [2.24, 2.45) is 13.0 Å². The number of imidazole rings is 1. The van der Waals surface area contributed by atoms with Crippen molar-refractivity contribution in [1.29, 1.82) is 0 Å². The van der Waals surface area contributed by atoms with Gasteiger partial charge in [-0.3, -0.25) is 9.13 Å². The van der Waals surface area contributed by atoms with Gasteiger partial charge in [0.25, 0.3) is 0 Å². The highest BCUT2D eigenvalue weighted by Crippen LogP contribution is 2.36. The Morgan fingerprint density at radius 3 is 2.85 bits per heavy atom. The first-order valence-electron chi connectivity index (χ1n) is 7.07. The quantitative estimate of drug-likeness (QED) is 0.815. The summed E-state index contributed by atoms with van der Waals surface area (Å²) < 4.78 is 3.38. The van der Waals surface area contributed by atoms with Crippen molar-refractivity contribution < 1.29 is 5.11 Å². The van der Waals surface area contributed by atoms with Gasteiger partial charge in [0.1, 0.15) is 0 Å². The lowest BCUT2D eigenvalue weighted by Gasteiger charge is -2.25. The lowest BCUT2D eigenvalue weighted by Crippen LogP contribution is -2.35. The number of hydrogen-bond donors (Lipinski definition) is 2. The molecule has 108 valence electrons. The molecule has 20 heavy (non-hydrogen) atoms. The highest BCUT2D eigenvalue weighted by molar-refractivity contribution is 5.79. The topological polar surface area (TPSA) is 73.2 Å². The fraction of sp³-hybridized carbons (Fsp3) is 0.533. The van der Waals surface area contributed by atoms with Crippen LogP contribution in [0.1, 0.15) is 26.2 Å². The van der Waals surface area contributed by atoms with Crippen LogP contribution in [0.15, 0.2) is 23.0 Å². The van der Waals surface area contributed by atoms with Crippen LogP contribution in [0.2, 0.25) is 0 Å². The Morgan fingerprint density at radius 2 is 2.20 bits per heavy atom. The number of hydrogen-bond acceptors (Lipinski definition) is 3. The number of nitrogens with zero attached hydrogens (tertiary/aromatic N) is 2. The number of nitrogen functional groups attached to an aromatic ring is 1. The van der Waals surface area contributed by atoms with Gasteiger partial charge in [-0.05, 0) is 38.0 Å². The second-order valence-electron chi connectivity index (χ2n) is 6.15. The van der Waals surface area contributed by atoms with Crippen molar-refractivity contribution in [2.75, 3.05) is 5.73 Å². The first kappa shape index (κ1) is 13.2. The Hall–Kier alpha value is -1.75. The second-order valence-corrected chi connectivity index (χ2v) is 6.15. The average molecular weight is 275 g/mol. The van der Waals surface area contributed by atoms with Crippen LogP contribution in [0.5, 0.6) is 0 Å². The summed E-state index contributed by atoms with van der Waals surface area (Å²) in [6.45, 7) is 2.42. The number of aliphatic hydroxyl groups is 1. The van der Waals surface area contributed by atoms with Gasteiger partial charge in [-0.15, -0.1) is 0 Å². The molecule has 1 saturated carbocycles. The van der Waals surface area contributed by atoms with Gasteiger partial charge >= 0.3 is 5.69 Å². The molecule has 1 aliphatic rings. The number of aromatic nitrogens is 2. The second kappa shape index (κ2) is 4.38. The van der Waals surface area contributed by atoms with Crippen LogP contribution in [0.3, 0.4) is 0 Å². The molecule has 3 rings (SSSR count). The van der Waals surface area contributed by atoms with Crippen molar-refractivity contribution in [3.05, 3.63) is 28.7 Å². The molecule has 1 aliphatic carbocycles. The molecule has 1 heterocycles. The molecule has 2 atom stereocenters. The largest absolute Gasteiger partial charge is 0.399 e. The Kier molecular flexibility index (Phi) is 2.90. The summed E-state index contributed by atoms with van der Waals surface area (Å²) in [6.07, 6.45) is 2.77. The normalized spacial score (nSPS) is 26.4. The van der Waals surface area contributed by atoms with E-state index in [1.54, 1.807) is 22.2 Å². The third kappa shape index (κ3) is 1.93. The summed E-state index contributed by atoms with van der Waals surface area (Å²) in [5, 5.41) is 10.4. The molecule has 5 heteroatoms. The maximum Gasteiger partial charge on any atom is 0.328 e. The molecule has 0 saturated heterocycles. The van der Waals surface area contributed by atoms with E-state index < -0.39 is 5.60 Å². The predicted octanol–water partition coefficient (Wildman–Crippen LogP) is 1.47. The van der Waals surface area contributed by atoms with Gasteiger partial charge in [-0.1, -0.05) is 6.42 Å². The van der Waals surface area contributed by atoms with E-state index in [9.17, 15) is 9.90 Å². The molecular formula is C15H21N3O2. The van der Waals surface area contributed by atoms with E-state index in [1.807, 2.05) is 19.1 Å². The van der Waals surface area contributed by atoms with Crippen molar-refractivity contribution in [3.63, 3.8) is 0 Å². The van der Waals surface area contributed by atoms with Crippen molar-refractivity contribution in [1.82, 2.24) is 9.13 Å². The third-order valence-corrected chi connectivity index (χ3v) is 4.69. The maximum absolute atomic E-state index is 12.4. The fourth-order valence-corrected chi connectivity index (χ4v) is 3.33. The summed E-state index contributed by atoms with van der Waals surface area (Å²) in [6, 6.07) is 5.51. The molecule has 0 aliphatic heterocycles. The van der Waals surface area contributed by atoms with Crippen LogP contribution < -0.4 is 11.4 Å². The summed E-state index contributed by atoms with van der Waals surface area (Å²) in [4.78, 5) is 12.4. The van der Waals surface area contributed by atoms with E-state index in [0.29, 0.717) is 12.2 Å². The monoisotopic (exact) mass is 275 g/mol. The molecule has 1 aromatic carbocycles. The van der Waals surface area contributed by atoms with Crippen LogP contribution in [-0.2, 0) is 13.6 Å². The lowest BCUT2D eigenvalue weighted by atomic mass is 9.93. The van der Waals surface area contributed by atoms with Gasteiger partial charge in [-0.2, -0.15) is 0 Å². The zero-order valence-electron chi connectivity index (χ0n) is 12.0. The minimum absolute atomic E-state index is 0.0479. The van der Waals surface area contributed by atoms with Crippen LogP contribution in [0.25, 0.3) is 11.0 Å². The molecule has 1 fully saturated rings. The molecule has 0 amide bonds. The van der Waals surface area contributed by atoms with E-state index in [0.717, 1.165) is 30.3 Å². The zero-order valence-corrected chi connectivity index (χ0v) is 12.0. The summed E-state index contributed by atoms with van der Waals surface area (Å²) >= 11 is 0. The van der Waals surface area contributed by atoms with Gasteiger partial charge in [-0.25, -0.2) is 4.79 Å². The molecule has 0 bridgehead atoms. The van der Waals surface area contributed by atoms with Crippen LogP contribution >= 0.6 is 0 Å². The number of rotatable bonds is 2. The zero-order chi connectivity index (χ0) is 14.5. The van der Waals surface area contributed by atoms with Gasteiger partial charge in [0.2, 0.25) is 0 Å². The number of nitrogens with two attached hydrogens (primary N) is 1. The number of fused-ring (bicyclic) bond motifs is 1. The standard InChI is InChI=1S/C15H21N3O2/c1-15(20)7-3-4-10(15)9-18-13-8-11(16)5-6-12(13)17(2)14(18)19/h5-6,8,10,20H,3-4,7,9,16H2,1-2H3/t10-,15-/m0/s1. The lowest BCUT2D eigenvalue weighted by molar-refractivity contribution is 0.0146. The molecule has 1 aromatic heterocycles.